The molecule has 0 bridgehead atoms. The van der Waals surface area contributed by atoms with Crippen LogP contribution in [0.5, 0.6) is 0 Å². The molecule has 3 N–H and O–H groups in total. The smallest absolute Gasteiger partial charge is 0.0497 e. The summed E-state index contributed by atoms with van der Waals surface area (Å²) in [6, 6.07) is 8.84. The zero-order chi connectivity index (χ0) is 11.4. The molecule has 1 saturated carbocycles. The Morgan fingerprint density at radius 3 is 2.75 bits per heavy atom. The lowest BCUT2D eigenvalue weighted by Gasteiger charge is -2.30. The molecular weight excluding hydrogens is 196 g/mol. The van der Waals surface area contributed by atoms with E-state index in [-0.39, 0.29) is 6.04 Å². The zero-order valence-corrected chi connectivity index (χ0v) is 9.65. The third kappa shape index (κ3) is 2.18. The Bertz CT molecular complexity index is 356. The summed E-state index contributed by atoms with van der Waals surface area (Å²) in [6.07, 6.45) is 6.80. The minimum absolute atomic E-state index is 0.203. The lowest BCUT2D eigenvalue weighted by atomic mass is 9.77. The topological polar surface area (TPSA) is 38.0 Å². The van der Waals surface area contributed by atoms with Gasteiger partial charge < -0.3 is 0 Å². The predicted molar refractivity (Wildman–Crippen MR) is 67.9 cm³/mol. The third-order valence-corrected chi connectivity index (χ3v) is 3.52. The van der Waals surface area contributed by atoms with Crippen LogP contribution >= 0.6 is 0 Å². The van der Waals surface area contributed by atoms with Gasteiger partial charge in [-0.25, -0.2) is 0 Å². The predicted octanol–water partition coefficient (Wildman–Crippen LogP) is 3.03. The monoisotopic (exact) mass is 216 g/mol. The first kappa shape index (κ1) is 11.4. The number of hydrogen-bond donors (Lipinski definition) is 2. The number of hydrogen-bond acceptors (Lipinski definition) is 2. The highest BCUT2D eigenvalue weighted by atomic mass is 15.2. The Morgan fingerprint density at radius 1 is 1.44 bits per heavy atom. The lowest BCUT2D eigenvalue weighted by molar-refractivity contribution is 0.411. The van der Waals surface area contributed by atoms with Gasteiger partial charge >= 0.3 is 0 Å². The summed E-state index contributed by atoms with van der Waals surface area (Å²) in [6.45, 7) is 3.79. The van der Waals surface area contributed by atoms with Crippen LogP contribution in [-0.2, 0) is 0 Å². The van der Waals surface area contributed by atoms with Crippen LogP contribution in [0.15, 0.2) is 36.9 Å². The molecule has 1 fully saturated rings. The fourth-order valence-electron chi connectivity index (χ4n) is 2.37. The number of rotatable bonds is 5. The fraction of sp³-hybridized carbons (Fsp3) is 0.429. The number of nitrogens with two attached hydrogens (primary N) is 1. The van der Waals surface area contributed by atoms with Gasteiger partial charge in [0.15, 0.2) is 0 Å². The van der Waals surface area contributed by atoms with Crippen molar-refractivity contribution in [2.75, 3.05) is 0 Å². The molecule has 1 unspecified atom stereocenters. The molecule has 0 spiro atoms. The molecule has 0 heterocycles. The van der Waals surface area contributed by atoms with Gasteiger partial charge in [0, 0.05) is 6.04 Å². The van der Waals surface area contributed by atoms with Crippen LogP contribution in [0, 0.1) is 0 Å². The Hall–Kier alpha value is -1.12. The summed E-state index contributed by atoms with van der Waals surface area (Å²) in [5.74, 6) is 6.37. The molecule has 0 aromatic heterocycles. The van der Waals surface area contributed by atoms with E-state index < -0.39 is 0 Å². The molecule has 2 nitrogen and oxygen atoms in total. The molecule has 0 amide bonds. The van der Waals surface area contributed by atoms with Gasteiger partial charge in [0.2, 0.25) is 0 Å². The van der Waals surface area contributed by atoms with Crippen LogP contribution in [0.2, 0.25) is 0 Å². The van der Waals surface area contributed by atoms with Crippen LogP contribution in [0.1, 0.15) is 48.8 Å². The molecule has 16 heavy (non-hydrogen) atoms. The molecule has 1 aromatic carbocycles. The van der Waals surface area contributed by atoms with Crippen molar-refractivity contribution in [1.29, 1.82) is 0 Å². The lowest BCUT2D eigenvalue weighted by Crippen LogP contribution is -2.29. The van der Waals surface area contributed by atoms with Gasteiger partial charge in [-0.2, -0.15) is 0 Å². The third-order valence-electron chi connectivity index (χ3n) is 3.52. The first-order chi connectivity index (χ1) is 7.86. The van der Waals surface area contributed by atoms with Crippen LogP contribution in [0.25, 0.3) is 0 Å². The molecule has 2 rings (SSSR count). The van der Waals surface area contributed by atoms with Crippen LogP contribution in [0.4, 0.5) is 0 Å². The van der Waals surface area contributed by atoms with Gasteiger partial charge in [0.05, 0.1) is 0 Å². The Balaban J connectivity index is 2.26. The summed E-state index contributed by atoms with van der Waals surface area (Å²) in [4.78, 5) is 0. The van der Waals surface area contributed by atoms with Crippen LogP contribution < -0.4 is 11.3 Å². The van der Waals surface area contributed by atoms with Crippen molar-refractivity contribution in [3.05, 3.63) is 48.0 Å². The highest BCUT2D eigenvalue weighted by molar-refractivity contribution is 5.34. The fourth-order valence-corrected chi connectivity index (χ4v) is 2.37. The standard InChI is InChI=1S/C14H20N2/c1-2-6-14(16-15)13-10-4-3-9-12(13)11-7-5-8-11/h2-4,9-11,14,16H,1,5-8,15H2. The first-order valence-corrected chi connectivity index (χ1v) is 6.02. The summed E-state index contributed by atoms with van der Waals surface area (Å²) >= 11 is 0. The van der Waals surface area contributed by atoms with Crippen LogP contribution in [-0.4, -0.2) is 0 Å². The van der Waals surface area contributed by atoms with Gasteiger partial charge in [-0.05, 0) is 36.3 Å². The molecule has 1 atom stereocenters. The van der Waals surface area contributed by atoms with Crippen molar-refractivity contribution < 1.29 is 0 Å². The maximum atomic E-state index is 5.62. The van der Waals surface area contributed by atoms with Crippen molar-refractivity contribution in [2.24, 2.45) is 5.84 Å². The summed E-state index contributed by atoms with van der Waals surface area (Å²) in [7, 11) is 0. The van der Waals surface area contributed by atoms with E-state index in [9.17, 15) is 0 Å². The minimum atomic E-state index is 0.203. The maximum absolute atomic E-state index is 5.62. The van der Waals surface area contributed by atoms with Crippen molar-refractivity contribution in [1.82, 2.24) is 5.43 Å². The second kappa shape index (κ2) is 5.28. The van der Waals surface area contributed by atoms with Gasteiger partial charge in [0.25, 0.3) is 0 Å². The number of nitrogens with one attached hydrogen (secondary N) is 1. The summed E-state index contributed by atoms with van der Waals surface area (Å²) in [5, 5.41) is 0. The van der Waals surface area contributed by atoms with Crippen LogP contribution in [0.3, 0.4) is 0 Å². The SMILES string of the molecule is C=CCC(NN)c1ccccc1C1CCC1. The Morgan fingerprint density at radius 2 is 2.19 bits per heavy atom. The van der Waals surface area contributed by atoms with E-state index in [1.54, 1.807) is 0 Å². The Labute approximate surface area is 97.5 Å². The molecule has 1 aliphatic carbocycles. The molecule has 0 radical (unpaired) electrons. The highest BCUT2D eigenvalue weighted by Gasteiger charge is 2.23. The van der Waals surface area contributed by atoms with E-state index in [0.29, 0.717) is 0 Å². The molecule has 0 saturated heterocycles. The van der Waals surface area contributed by atoms with Crippen molar-refractivity contribution >= 4 is 0 Å². The first-order valence-electron chi connectivity index (χ1n) is 6.02. The molecule has 1 aliphatic rings. The highest BCUT2D eigenvalue weighted by Crippen LogP contribution is 2.39. The van der Waals surface area contributed by atoms with E-state index in [4.69, 9.17) is 5.84 Å². The average Bonchev–Trinajstić information content (AvgIpc) is 2.25. The molecule has 2 heteroatoms. The van der Waals surface area contributed by atoms with Crippen molar-refractivity contribution in [2.45, 2.75) is 37.6 Å². The van der Waals surface area contributed by atoms with E-state index in [0.717, 1.165) is 12.3 Å². The maximum Gasteiger partial charge on any atom is 0.0497 e. The van der Waals surface area contributed by atoms with E-state index in [2.05, 4.69) is 36.3 Å². The van der Waals surface area contributed by atoms with E-state index >= 15 is 0 Å². The Kier molecular flexibility index (Phi) is 3.75. The summed E-state index contributed by atoms with van der Waals surface area (Å²) in [5.41, 5.74) is 5.70. The summed E-state index contributed by atoms with van der Waals surface area (Å²) < 4.78 is 0. The minimum Gasteiger partial charge on any atom is -0.271 e. The van der Waals surface area contributed by atoms with Gasteiger partial charge in [-0.15, -0.1) is 6.58 Å². The number of benzene rings is 1. The van der Waals surface area contributed by atoms with Crippen molar-refractivity contribution in [3.8, 4) is 0 Å². The van der Waals surface area contributed by atoms with E-state index in [1.807, 2.05) is 6.08 Å². The quantitative estimate of drug-likeness (QED) is 0.451. The second-order valence-electron chi connectivity index (χ2n) is 4.50. The molecule has 0 aliphatic heterocycles. The van der Waals surface area contributed by atoms with E-state index in [1.165, 1.54) is 30.4 Å². The van der Waals surface area contributed by atoms with Gasteiger partial charge in [0.1, 0.15) is 0 Å². The van der Waals surface area contributed by atoms with Crippen molar-refractivity contribution in [3.63, 3.8) is 0 Å². The largest absolute Gasteiger partial charge is 0.271 e. The second-order valence-corrected chi connectivity index (χ2v) is 4.50. The normalized spacial score (nSPS) is 17.8. The molecular formula is C14H20N2. The molecule has 86 valence electrons. The number of hydrazine groups is 1. The van der Waals surface area contributed by atoms with Gasteiger partial charge in [-0.3, -0.25) is 11.3 Å². The molecule has 1 aromatic rings. The zero-order valence-electron chi connectivity index (χ0n) is 9.65. The van der Waals surface area contributed by atoms with Gasteiger partial charge in [-0.1, -0.05) is 36.8 Å². The average molecular weight is 216 g/mol.